The van der Waals surface area contributed by atoms with Crippen LogP contribution >= 0.6 is 11.6 Å². The number of carbonyl (C=O) groups is 1. The molecule has 0 saturated heterocycles. The first-order valence-electron chi connectivity index (χ1n) is 4.32. The van der Waals surface area contributed by atoms with E-state index in [1.165, 1.54) is 6.20 Å². The van der Waals surface area contributed by atoms with Gasteiger partial charge in [0.15, 0.2) is 11.5 Å². The number of aromatic nitrogens is 4. The van der Waals surface area contributed by atoms with Crippen molar-refractivity contribution in [3.8, 4) is 11.5 Å². The first-order chi connectivity index (χ1) is 7.59. The molecular formula is C9H7ClN4O2. The minimum atomic E-state index is -1.18. The molecule has 0 atom stereocenters. The molecule has 6 nitrogen and oxygen atoms in total. The van der Waals surface area contributed by atoms with Crippen molar-refractivity contribution in [2.24, 2.45) is 7.05 Å². The Hall–Kier alpha value is -1.95. The fourth-order valence-electron chi connectivity index (χ4n) is 1.21. The summed E-state index contributed by atoms with van der Waals surface area (Å²) in [4.78, 5) is 22.6. The molecule has 2 aromatic rings. The molecule has 0 bridgehead atoms. The van der Waals surface area contributed by atoms with Crippen LogP contribution in [0.2, 0.25) is 5.02 Å². The van der Waals surface area contributed by atoms with Crippen LogP contribution in [0, 0.1) is 0 Å². The van der Waals surface area contributed by atoms with Gasteiger partial charge in [0.1, 0.15) is 5.69 Å². The zero-order chi connectivity index (χ0) is 11.7. The number of hydrogen-bond donors (Lipinski definition) is 1. The van der Waals surface area contributed by atoms with Gasteiger partial charge in [-0.1, -0.05) is 11.6 Å². The fraction of sp³-hybridized carbons (Fsp3) is 0.111. The fourth-order valence-corrected chi connectivity index (χ4v) is 1.39. The van der Waals surface area contributed by atoms with Gasteiger partial charge in [-0.2, -0.15) is 0 Å². The van der Waals surface area contributed by atoms with E-state index in [0.717, 1.165) is 0 Å². The predicted molar refractivity (Wildman–Crippen MR) is 56.2 cm³/mol. The van der Waals surface area contributed by atoms with E-state index >= 15 is 0 Å². The SMILES string of the molecule is Cn1cncc1-c1ncc(Cl)c(C(=O)O)n1. The van der Waals surface area contributed by atoms with Crippen LogP contribution in [0.4, 0.5) is 0 Å². The van der Waals surface area contributed by atoms with E-state index in [9.17, 15) is 4.79 Å². The second kappa shape index (κ2) is 3.90. The van der Waals surface area contributed by atoms with Crippen molar-refractivity contribution in [3.05, 3.63) is 29.4 Å². The molecule has 2 rings (SSSR count). The van der Waals surface area contributed by atoms with Crippen LogP contribution in [-0.2, 0) is 7.05 Å². The summed E-state index contributed by atoms with van der Waals surface area (Å²) in [5.74, 6) is -0.905. The second-order valence-corrected chi connectivity index (χ2v) is 3.49. The van der Waals surface area contributed by atoms with E-state index in [4.69, 9.17) is 16.7 Å². The van der Waals surface area contributed by atoms with Gasteiger partial charge in [0.2, 0.25) is 0 Å². The maximum Gasteiger partial charge on any atom is 0.356 e. The van der Waals surface area contributed by atoms with Crippen molar-refractivity contribution in [3.63, 3.8) is 0 Å². The zero-order valence-corrected chi connectivity index (χ0v) is 9.01. The van der Waals surface area contributed by atoms with Crippen LogP contribution in [0.5, 0.6) is 0 Å². The Labute approximate surface area is 95.6 Å². The topological polar surface area (TPSA) is 80.9 Å². The number of aromatic carboxylic acids is 1. The zero-order valence-electron chi connectivity index (χ0n) is 8.25. The predicted octanol–water partition coefficient (Wildman–Crippen LogP) is 1.23. The summed E-state index contributed by atoms with van der Waals surface area (Å²) in [6, 6.07) is 0. The van der Waals surface area contributed by atoms with E-state index in [1.54, 1.807) is 24.1 Å². The van der Waals surface area contributed by atoms with Crippen molar-refractivity contribution in [1.82, 2.24) is 19.5 Å². The third kappa shape index (κ3) is 1.74. The molecule has 16 heavy (non-hydrogen) atoms. The molecule has 2 aromatic heterocycles. The highest BCUT2D eigenvalue weighted by Crippen LogP contribution is 2.18. The number of aryl methyl sites for hydroxylation is 1. The largest absolute Gasteiger partial charge is 0.476 e. The van der Waals surface area contributed by atoms with Gasteiger partial charge in [-0.15, -0.1) is 0 Å². The number of rotatable bonds is 2. The third-order valence-electron chi connectivity index (χ3n) is 1.99. The monoisotopic (exact) mass is 238 g/mol. The van der Waals surface area contributed by atoms with Gasteiger partial charge in [-0.25, -0.2) is 19.7 Å². The number of hydrogen-bond acceptors (Lipinski definition) is 4. The molecule has 0 aliphatic carbocycles. The lowest BCUT2D eigenvalue weighted by atomic mass is 10.3. The number of carboxylic acid groups (broad SMARTS) is 1. The molecule has 0 fully saturated rings. The summed E-state index contributed by atoms with van der Waals surface area (Å²) in [5.41, 5.74) is 0.409. The molecule has 0 spiro atoms. The summed E-state index contributed by atoms with van der Waals surface area (Å²) in [7, 11) is 1.76. The quantitative estimate of drug-likeness (QED) is 0.851. The molecule has 0 radical (unpaired) electrons. The van der Waals surface area contributed by atoms with Crippen LogP contribution in [0.25, 0.3) is 11.5 Å². The molecule has 0 aromatic carbocycles. The van der Waals surface area contributed by atoms with Crippen molar-refractivity contribution < 1.29 is 9.90 Å². The first-order valence-corrected chi connectivity index (χ1v) is 4.70. The van der Waals surface area contributed by atoms with Crippen molar-refractivity contribution >= 4 is 17.6 Å². The number of nitrogens with zero attached hydrogens (tertiary/aromatic N) is 4. The van der Waals surface area contributed by atoms with Crippen LogP contribution in [0.3, 0.4) is 0 Å². The van der Waals surface area contributed by atoms with Gasteiger partial charge < -0.3 is 9.67 Å². The number of imidazole rings is 1. The molecule has 7 heteroatoms. The normalized spacial score (nSPS) is 10.4. The van der Waals surface area contributed by atoms with Crippen LogP contribution in [0.15, 0.2) is 18.7 Å². The maximum absolute atomic E-state index is 10.8. The average molecular weight is 239 g/mol. The van der Waals surface area contributed by atoms with E-state index in [0.29, 0.717) is 5.69 Å². The van der Waals surface area contributed by atoms with E-state index in [-0.39, 0.29) is 16.5 Å². The minimum absolute atomic E-state index is 0.0124. The lowest BCUT2D eigenvalue weighted by molar-refractivity contribution is 0.0690. The number of carboxylic acids is 1. The standard InChI is InChI=1S/C9H7ClN4O2/c1-14-4-11-3-6(14)8-12-2-5(10)7(13-8)9(15)16/h2-4H,1H3,(H,15,16). The average Bonchev–Trinajstić information content (AvgIpc) is 2.65. The van der Waals surface area contributed by atoms with E-state index in [2.05, 4.69) is 15.0 Å². The summed E-state index contributed by atoms with van der Waals surface area (Å²) < 4.78 is 1.69. The Bertz CT molecular complexity index is 552. The lowest BCUT2D eigenvalue weighted by Gasteiger charge is -2.02. The van der Waals surface area contributed by atoms with E-state index < -0.39 is 5.97 Å². The highest BCUT2D eigenvalue weighted by atomic mass is 35.5. The van der Waals surface area contributed by atoms with E-state index in [1.807, 2.05) is 0 Å². The Kier molecular flexibility index (Phi) is 2.57. The molecule has 0 aliphatic rings. The van der Waals surface area contributed by atoms with Crippen molar-refractivity contribution in [1.29, 1.82) is 0 Å². The minimum Gasteiger partial charge on any atom is -0.476 e. The van der Waals surface area contributed by atoms with Gasteiger partial charge in [0, 0.05) is 7.05 Å². The van der Waals surface area contributed by atoms with Crippen molar-refractivity contribution in [2.75, 3.05) is 0 Å². The van der Waals surface area contributed by atoms with Gasteiger partial charge in [0.05, 0.1) is 23.7 Å². The van der Waals surface area contributed by atoms with Crippen LogP contribution < -0.4 is 0 Å². The Morgan fingerprint density at radius 3 is 2.81 bits per heavy atom. The highest BCUT2D eigenvalue weighted by molar-refractivity contribution is 6.33. The molecule has 0 saturated carbocycles. The Morgan fingerprint density at radius 2 is 2.25 bits per heavy atom. The van der Waals surface area contributed by atoms with Gasteiger partial charge in [-0.3, -0.25) is 0 Å². The molecule has 0 aliphatic heterocycles. The summed E-state index contributed by atoms with van der Waals surface area (Å²) >= 11 is 5.66. The van der Waals surface area contributed by atoms with Crippen LogP contribution in [0.1, 0.15) is 10.5 Å². The lowest BCUT2D eigenvalue weighted by Crippen LogP contribution is -2.05. The van der Waals surface area contributed by atoms with Gasteiger partial charge in [-0.05, 0) is 0 Å². The molecule has 1 N–H and O–H groups in total. The summed E-state index contributed by atoms with van der Waals surface area (Å²) in [6.07, 6.45) is 4.39. The third-order valence-corrected chi connectivity index (χ3v) is 2.27. The molecule has 82 valence electrons. The first kappa shape index (κ1) is 10.6. The van der Waals surface area contributed by atoms with Gasteiger partial charge in [0.25, 0.3) is 0 Å². The Balaban J connectivity index is 2.56. The van der Waals surface area contributed by atoms with Crippen molar-refractivity contribution in [2.45, 2.75) is 0 Å². The molecule has 0 unspecified atom stereocenters. The molecule has 2 heterocycles. The highest BCUT2D eigenvalue weighted by Gasteiger charge is 2.14. The molecular weight excluding hydrogens is 232 g/mol. The van der Waals surface area contributed by atoms with Crippen LogP contribution in [-0.4, -0.2) is 30.6 Å². The Morgan fingerprint density at radius 1 is 1.50 bits per heavy atom. The second-order valence-electron chi connectivity index (χ2n) is 3.09. The molecule has 0 amide bonds. The summed E-state index contributed by atoms with van der Waals surface area (Å²) in [6.45, 7) is 0. The number of halogens is 1. The summed E-state index contributed by atoms with van der Waals surface area (Å²) in [5, 5.41) is 8.87. The van der Waals surface area contributed by atoms with Gasteiger partial charge >= 0.3 is 5.97 Å². The maximum atomic E-state index is 10.8. The smallest absolute Gasteiger partial charge is 0.356 e.